The van der Waals surface area contributed by atoms with E-state index in [0.717, 1.165) is 17.7 Å². The Labute approximate surface area is 146 Å². The summed E-state index contributed by atoms with van der Waals surface area (Å²) < 4.78 is 37.4. The highest BCUT2D eigenvalue weighted by molar-refractivity contribution is 6.29. The first-order valence-corrected chi connectivity index (χ1v) is 7.60. The number of pyridine rings is 1. The van der Waals surface area contributed by atoms with Gasteiger partial charge in [-0.2, -0.15) is 23.4 Å². The van der Waals surface area contributed by atoms with Gasteiger partial charge in [0.1, 0.15) is 11.2 Å². The van der Waals surface area contributed by atoms with Gasteiger partial charge in [0.25, 0.3) is 0 Å². The van der Waals surface area contributed by atoms with Gasteiger partial charge in [-0.15, -0.1) is 0 Å². The molecule has 0 radical (unpaired) electrons. The molecule has 2 aromatic rings. The van der Waals surface area contributed by atoms with Crippen molar-refractivity contribution in [3.63, 3.8) is 0 Å². The molecule has 0 saturated carbocycles. The van der Waals surface area contributed by atoms with Gasteiger partial charge in [-0.05, 0) is 42.8 Å². The summed E-state index contributed by atoms with van der Waals surface area (Å²) in [6.07, 6.45) is -2.86. The molecule has 5 nitrogen and oxygen atoms in total. The van der Waals surface area contributed by atoms with E-state index in [4.69, 9.17) is 11.6 Å². The molecule has 1 unspecified atom stereocenters. The van der Waals surface area contributed by atoms with E-state index in [-0.39, 0.29) is 18.1 Å². The zero-order chi connectivity index (χ0) is 18.4. The van der Waals surface area contributed by atoms with Crippen molar-refractivity contribution < 1.29 is 18.0 Å². The summed E-state index contributed by atoms with van der Waals surface area (Å²) in [4.78, 5) is 15.8. The first-order chi connectivity index (χ1) is 11.8. The van der Waals surface area contributed by atoms with Crippen LogP contribution >= 0.6 is 11.6 Å². The fourth-order valence-electron chi connectivity index (χ4n) is 1.77. The standard InChI is InChI=1S/C16H14ClF3N4O/c1-10(15(25)22-9-11-2-7-14(17)21-8-11)23-24-13-5-3-12(4-6-13)16(18,19)20/h2-8,10H,9H2,1H3,(H,22,25). The number of amides is 1. The number of carbonyl (C=O) groups is 1. The first-order valence-electron chi connectivity index (χ1n) is 7.22. The summed E-state index contributed by atoms with van der Waals surface area (Å²) in [5.74, 6) is -0.370. The molecule has 132 valence electrons. The molecule has 25 heavy (non-hydrogen) atoms. The molecule has 0 aliphatic heterocycles. The van der Waals surface area contributed by atoms with Crippen LogP contribution in [0.1, 0.15) is 18.1 Å². The number of halogens is 4. The molecule has 2 rings (SSSR count). The number of azo groups is 1. The van der Waals surface area contributed by atoms with Gasteiger partial charge in [-0.1, -0.05) is 17.7 Å². The summed E-state index contributed by atoms with van der Waals surface area (Å²) >= 11 is 5.67. The summed E-state index contributed by atoms with van der Waals surface area (Å²) in [5, 5.41) is 10.6. The minimum Gasteiger partial charge on any atom is -0.350 e. The van der Waals surface area contributed by atoms with Crippen molar-refractivity contribution in [3.8, 4) is 0 Å². The van der Waals surface area contributed by atoms with Crippen molar-refractivity contribution in [2.24, 2.45) is 10.2 Å². The van der Waals surface area contributed by atoms with Crippen molar-refractivity contribution in [1.82, 2.24) is 10.3 Å². The maximum atomic E-state index is 12.5. The van der Waals surface area contributed by atoms with Gasteiger partial charge >= 0.3 is 6.18 Å². The van der Waals surface area contributed by atoms with E-state index in [1.807, 2.05) is 0 Å². The minimum absolute atomic E-state index is 0.231. The lowest BCUT2D eigenvalue weighted by molar-refractivity contribution is -0.137. The maximum absolute atomic E-state index is 12.5. The molecule has 0 spiro atoms. The molecular formula is C16H14ClF3N4O. The first kappa shape index (κ1) is 18.9. The molecule has 0 aliphatic rings. The Balaban J connectivity index is 1.89. The highest BCUT2D eigenvalue weighted by Gasteiger charge is 2.29. The summed E-state index contributed by atoms with van der Waals surface area (Å²) in [5.41, 5.74) is 0.230. The maximum Gasteiger partial charge on any atom is 0.416 e. The molecule has 0 saturated heterocycles. The third-order valence-electron chi connectivity index (χ3n) is 3.18. The summed E-state index contributed by atoms with van der Waals surface area (Å²) in [6.45, 7) is 1.78. The second-order valence-corrected chi connectivity index (χ2v) is 5.53. The van der Waals surface area contributed by atoms with Crippen molar-refractivity contribution in [3.05, 3.63) is 58.9 Å². The third-order valence-corrected chi connectivity index (χ3v) is 3.40. The largest absolute Gasteiger partial charge is 0.416 e. The van der Waals surface area contributed by atoms with E-state index in [2.05, 4.69) is 20.5 Å². The van der Waals surface area contributed by atoms with Crippen LogP contribution in [0.2, 0.25) is 5.15 Å². The predicted molar refractivity (Wildman–Crippen MR) is 86.5 cm³/mol. The number of hydrogen-bond donors (Lipinski definition) is 1. The smallest absolute Gasteiger partial charge is 0.350 e. The van der Waals surface area contributed by atoms with Crippen LogP contribution in [-0.4, -0.2) is 16.9 Å². The number of aromatic nitrogens is 1. The van der Waals surface area contributed by atoms with Gasteiger partial charge < -0.3 is 5.32 Å². The van der Waals surface area contributed by atoms with Crippen LogP contribution in [0.15, 0.2) is 52.8 Å². The fourth-order valence-corrected chi connectivity index (χ4v) is 1.88. The van der Waals surface area contributed by atoms with Gasteiger partial charge in [-0.25, -0.2) is 4.98 Å². The molecule has 1 amide bonds. The highest BCUT2D eigenvalue weighted by Crippen LogP contribution is 2.30. The predicted octanol–water partition coefficient (Wildman–Crippen LogP) is 4.54. The fraction of sp³-hybridized carbons (Fsp3) is 0.250. The number of rotatable bonds is 5. The van der Waals surface area contributed by atoms with Crippen molar-refractivity contribution in [1.29, 1.82) is 0 Å². The van der Waals surface area contributed by atoms with Gasteiger partial charge in [0.2, 0.25) is 5.91 Å². The second-order valence-electron chi connectivity index (χ2n) is 5.14. The topological polar surface area (TPSA) is 66.7 Å². The Kier molecular flexibility index (Phi) is 6.08. The third kappa shape index (κ3) is 5.82. The van der Waals surface area contributed by atoms with Crippen molar-refractivity contribution >= 4 is 23.2 Å². The monoisotopic (exact) mass is 370 g/mol. The van der Waals surface area contributed by atoms with E-state index >= 15 is 0 Å². The van der Waals surface area contributed by atoms with Crippen LogP contribution < -0.4 is 5.32 Å². The van der Waals surface area contributed by atoms with Crippen LogP contribution in [0.25, 0.3) is 0 Å². The van der Waals surface area contributed by atoms with Gasteiger partial charge in [0.15, 0.2) is 0 Å². The normalized spacial score (nSPS) is 13.0. The Hall–Kier alpha value is -2.48. The second kappa shape index (κ2) is 8.06. The van der Waals surface area contributed by atoms with E-state index in [0.29, 0.717) is 5.15 Å². The zero-order valence-corrected chi connectivity index (χ0v) is 13.8. The summed E-state index contributed by atoms with van der Waals surface area (Å²) in [7, 11) is 0. The lowest BCUT2D eigenvalue weighted by atomic mass is 10.2. The molecule has 1 atom stereocenters. The van der Waals surface area contributed by atoms with Crippen LogP contribution in [0, 0.1) is 0 Å². The molecule has 1 N–H and O–H groups in total. The van der Waals surface area contributed by atoms with E-state index in [1.165, 1.54) is 25.3 Å². The number of nitrogens with zero attached hydrogens (tertiary/aromatic N) is 3. The van der Waals surface area contributed by atoms with Crippen LogP contribution in [0.5, 0.6) is 0 Å². The average molecular weight is 371 g/mol. The molecule has 1 aromatic heterocycles. The number of benzene rings is 1. The SMILES string of the molecule is CC(N=Nc1ccc(C(F)(F)F)cc1)C(=O)NCc1ccc(Cl)nc1. The number of hydrogen-bond acceptors (Lipinski definition) is 4. The Morgan fingerprint density at radius 2 is 1.92 bits per heavy atom. The molecule has 0 fully saturated rings. The number of nitrogens with one attached hydrogen (secondary N) is 1. The molecule has 0 bridgehead atoms. The molecule has 1 aromatic carbocycles. The van der Waals surface area contributed by atoms with Crippen molar-refractivity contribution in [2.75, 3.05) is 0 Å². The quantitative estimate of drug-likeness (QED) is 0.620. The lowest BCUT2D eigenvalue weighted by Crippen LogP contribution is -2.30. The number of alkyl halides is 3. The Morgan fingerprint density at radius 3 is 2.48 bits per heavy atom. The summed E-state index contributed by atoms with van der Waals surface area (Å²) in [6, 6.07) is 6.75. The van der Waals surface area contributed by atoms with Gasteiger partial charge in [-0.3, -0.25) is 4.79 Å². The van der Waals surface area contributed by atoms with Gasteiger partial charge in [0, 0.05) is 12.7 Å². The van der Waals surface area contributed by atoms with Crippen LogP contribution in [-0.2, 0) is 17.5 Å². The van der Waals surface area contributed by atoms with Crippen LogP contribution in [0.3, 0.4) is 0 Å². The minimum atomic E-state index is -4.40. The highest BCUT2D eigenvalue weighted by atomic mass is 35.5. The van der Waals surface area contributed by atoms with E-state index < -0.39 is 17.8 Å². The van der Waals surface area contributed by atoms with E-state index in [9.17, 15) is 18.0 Å². The molecule has 0 aliphatic carbocycles. The lowest BCUT2D eigenvalue weighted by Gasteiger charge is -2.08. The molecule has 1 heterocycles. The molecular weight excluding hydrogens is 357 g/mol. The molecule has 9 heteroatoms. The number of carbonyl (C=O) groups excluding carboxylic acids is 1. The van der Waals surface area contributed by atoms with Crippen molar-refractivity contribution in [2.45, 2.75) is 25.7 Å². The van der Waals surface area contributed by atoms with Crippen LogP contribution in [0.4, 0.5) is 18.9 Å². The van der Waals surface area contributed by atoms with Gasteiger partial charge in [0.05, 0.1) is 11.3 Å². The zero-order valence-electron chi connectivity index (χ0n) is 13.1. The Morgan fingerprint density at radius 1 is 1.24 bits per heavy atom. The average Bonchev–Trinajstić information content (AvgIpc) is 2.58. The van der Waals surface area contributed by atoms with E-state index in [1.54, 1.807) is 12.1 Å². The Bertz CT molecular complexity index is 745.